The van der Waals surface area contributed by atoms with Gasteiger partial charge in [-0.25, -0.2) is 4.39 Å². The maximum Gasteiger partial charge on any atom is 0.175 e. The first-order valence-corrected chi connectivity index (χ1v) is 6.08. The number of benzene rings is 1. The second-order valence-corrected chi connectivity index (χ2v) is 4.11. The van der Waals surface area contributed by atoms with Crippen LogP contribution in [-0.2, 0) is 0 Å². The van der Waals surface area contributed by atoms with Crippen LogP contribution < -0.4 is 19.9 Å². The number of carbonyl (C=O) groups excluding carboxylic acids is 1. The van der Waals surface area contributed by atoms with Crippen molar-refractivity contribution in [2.24, 2.45) is 5.73 Å². The van der Waals surface area contributed by atoms with Crippen LogP contribution in [0.3, 0.4) is 0 Å². The van der Waals surface area contributed by atoms with Gasteiger partial charge in [-0.2, -0.15) is 0 Å². The molecule has 0 amide bonds. The van der Waals surface area contributed by atoms with Crippen LogP contribution in [0.1, 0.15) is 23.2 Å². The molecular formula is C13H16FNO4. The molecule has 0 fully saturated rings. The van der Waals surface area contributed by atoms with Crippen molar-refractivity contribution in [1.82, 2.24) is 0 Å². The SMILES string of the molecule is COc1c(F)cc2c(c1C(=O)CCN)OCCCO2. The summed E-state index contributed by atoms with van der Waals surface area (Å²) in [4.78, 5) is 12.1. The first-order valence-electron chi connectivity index (χ1n) is 6.08. The summed E-state index contributed by atoms with van der Waals surface area (Å²) in [6, 6.07) is 1.18. The second-order valence-electron chi connectivity index (χ2n) is 4.11. The van der Waals surface area contributed by atoms with Crippen LogP contribution in [0.2, 0.25) is 0 Å². The summed E-state index contributed by atoms with van der Waals surface area (Å²) in [7, 11) is 1.31. The van der Waals surface area contributed by atoms with Gasteiger partial charge >= 0.3 is 0 Å². The molecule has 1 heterocycles. The van der Waals surface area contributed by atoms with Crippen molar-refractivity contribution in [3.8, 4) is 17.2 Å². The highest BCUT2D eigenvalue weighted by Gasteiger charge is 2.27. The first-order chi connectivity index (χ1) is 9.19. The summed E-state index contributed by atoms with van der Waals surface area (Å²) in [5, 5.41) is 0. The van der Waals surface area contributed by atoms with E-state index in [0.29, 0.717) is 19.6 Å². The Morgan fingerprint density at radius 2 is 2.21 bits per heavy atom. The molecule has 0 saturated carbocycles. The zero-order valence-electron chi connectivity index (χ0n) is 10.7. The van der Waals surface area contributed by atoms with Gasteiger partial charge in [-0.1, -0.05) is 0 Å². The molecule has 5 nitrogen and oxygen atoms in total. The van der Waals surface area contributed by atoms with Crippen LogP contribution in [-0.4, -0.2) is 32.7 Å². The molecule has 1 aromatic carbocycles. The van der Waals surface area contributed by atoms with Gasteiger partial charge in [0.2, 0.25) is 0 Å². The summed E-state index contributed by atoms with van der Waals surface area (Å²) >= 11 is 0. The minimum absolute atomic E-state index is 0.0739. The van der Waals surface area contributed by atoms with E-state index < -0.39 is 5.82 Å². The highest BCUT2D eigenvalue weighted by Crippen LogP contribution is 2.41. The van der Waals surface area contributed by atoms with Gasteiger partial charge < -0.3 is 19.9 Å². The Morgan fingerprint density at radius 3 is 2.89 bits per heavy atom. The highest BCUT2D eigenvalue weighted by molar-refractivity contribution is 6.02. The predicted molar refractivity (Wildman–Crippen MR) is 66.6 cm³/mol. The Kier molecular flexibility index (Phi) is 4.21. The Bertz CT molecular complexity index is 490. The molecule has 1 aromatic rings. The fraction of sp³-hybridized carbons (Fsp3) is 0.462. The van der Waals surface area contributed by atoms with Crippen LogP contribution >= 0.6 is 0 Å². The Labute approximate surface area is 110 Å². The van der Waals surface area contributed by atoms with Crippen LogP contribution in [0.25, 0.3) is 0 Å². The van der Waals surface area contributed by atoms with Crippen molar-refractivity contribution in [3.05, 3.63) is 17.4 Å². The summed E-state index contributed by atoms with van der Waals surface area (Å²) < 4.78 is 29.8. The van der Waals surface area contributed by atoms with Gasteiger partial charge in [0.05, 0.1) is 20.3 Å². The molecule has 0 saturated heterocycles. The lowest BCUT2D eigenvalue weighted by molar-refractivity contribution is 0.0977. The molecule has 0 aromatic heterocycles. The quantitative estimate of drug-likeness (QED) is 0.839. The van der Waals surface area contributed by atoms with E-state index in [-0.39, 0.29) is 41.6 Å². The lowest BCUT2D eigenvalue weighted by Crippen LogP contribution is -2.12. The van der Waals surface area contributed by atoms with E-state index in [2.05, 4.69) is 0 Å². The third-order valence-corrected chi connectivity index (χ3v) is 2.80. The van der Waals surface area contributed by atoms with Crippen molar-refractivity contribution in [2.45, 2.75) is 12.8 Å². The number of fused-ring (bicyclic) bond motifs is 1. The number of rotatable bonds is 4. The molecule has 19 heavy (non-hydrogen) atoms. The van der Waals surface area contributed by atoms with Gasteiger partial charge in [0.15, 0.2) is 28.8 Å². The van der Waals surface area contributed by atoms with Crippen LogP contribution in [0.4, 0.5) is 4.39 Å². The number of Topliss-reactive ketones (excluding diaryl/α,β-unsaturated/α-hetero) is 1. The lowest BCUT2D eigenvalue weighted by atomic mass is 10.0. The summed E-state index contributed by atoms with van der Waals surface area (Å²) in [5.74, 6) is -0.610. The van der Waals surface area contributed by atoms with Gasteiger partial charge in [-0.3, -0.25) is 4.79 Å². The Balaban J connectivity index is 2.58. The molecule has 1 aliphatic rings. The number of hydrogen-bond donors (Lipinski definition) is 1. The van der Waals surface area contributed by atoms with Crippen LogP contribution in [0.5, 0.6) is 17.2 Å². The zero-order valence-corrected chi connectivity index (χ0v) is 10.7. The maximum absolute atomic E-state index is 13.9. The number of carbonyl (C=O) groups is 1. The number of ketones is 1. The van der Waals surface area contributed by atoms with Gasteiger partial charge in [-0.15, -0.1) is 0 Å². The van der Waals surface area contributed by atoms with E-state index in [0.717, 1.165) is 0 Å². The minimum atomic E-state index is -0.646. The van der Waals surface area contributed by atoms with Gasteiger partial charge in [0.25, 0.3) is 0 Å². The molecule has 1 aliphatic heterocycles. The summed E-state index contributed by atoms with van der Waals surface area (Å²) in [5.41, 5.74) is 5.45. The zero-order chi connectivity index (χ0) is 13.8. The largest absolute Gasteiger partial charge is 0.493 e. The van der Waals surface area contributed by atoms with Gasteiger partial charge in [0, 0.05) is 18.9 Å². The molecule has 0 spiro atoms. The fourth-order valence-corrected chi connectivity index (χ4v) is 1.97. The molecule has 0 atom stereocenters. The number of halogens is 1. The van der Waals surface area contributed by atoms with Gasteiger partial charge in [0.1, 0.15) is 5.56 Å². The van der Waals surface area contributed by atoms with Crippen molar-refractivity contribution >= 4 is 5.78 Å². The predicted octanol–water partition coefficient (Wildman–Crippen LogP) is 1.53. The molecule has 104 valence electrons. The topological polar surface area (TPSA) is 70.8 Å². The number of ether oxygens (including phenoxy) is 3. The van der Waals surface area contributed by atoms with E-state index in [9.17, 15) is 9.18 Å². The standard InChI is InChI=1S/C13H16FNO4/c1-17-12-8(14)7-10-13(19-6-2-5-18-10)11(12)9(16)3-4-15/h7H,2-6,15H2,1H3. The van der Waals surface area contributed by atoms with Crippen molar-refractivity contribution in [2.75, 3.05) is 26.9 Å². The maximum atomic E-state index is 13.9. The number of hydrogen-bond acceptors (Lipinski definition) is 5. The summed E-state index contributed by atoms with van der Waals surface area (Å²) in [6.07, 6.45) is 0.763. The number of nitrogens with two attached hydrogens (primary N) is 1. The van der Waals surface area contributed by atoms with E-state index in [1.165, 1.54) is 13.2 Å². The molecule has 0 aliphatic carbocycles. The second kappa shape index (κ2) is 5.88. The van der Waals surface area contributed by atoms with Crippen molar-refractivity contribution in [3.63, 3.8) is 0 Å². The Morgan fingerprint density at radius 1 is 1.47 bits per heavy atom. The molecule has 2 rings (SSSR count). The van der Waals surface area contributed by atoms with Crippen molar-refractivity contribution in [1.29, 1.82) is 0 Å². The average Bonchev–Trinajstić information content (AvgIpc) is 2.62. The highest BCUT2D eigenvalue weighted by atomic mass is 19.1. The van der Waals surface area contributed by atoms with Gasteiger partial charge in [-0.05, 0) is 6.54 Å². The van der Waals surface area contributed by atoms with E-state index >= 15 is 0 Å². The van der Waals surface area contributed by atoms with E-state index in [4.69, 9.17) is 19.9 Å². The minimum Gasteiger partial charge on any atom is -0.493 e. The molecule has 0 unspecified atom stereocenters. The molecule has 0 radical (unpaired) electrons. The first kappa shape index (κ1) is 13.6. The average molecular weight is 269 g/mol. The fourth-order valence-electron chi connectivity index (χ4n) is 1.97. The monoisotopic (exact) mass is 269 g/mol. The summed E-state index contributed by atoms with van der Waals surface area (Å²) in [6.45, 7) is 1.00. The van der Waals surface area contributed by atoms with Crippen LogP contribution in [0, 0.1) is 5.82 Å². The molecular weight excluding hydrogens is 253 g/mol. The van der Waals surface area contributed by atoms with E-state index in [1.54, 1.807) is 0 Å². The Hall–Kier alpha value is -1.82. The number of methoxy groups -OCH3 is 1. The van der Waals surface area contributed by atoms with E-state index in [1.807, 2.05) is 0 Å². The van der Waals surface area contributed by atoms with Crippen molar-refractivity contribution < 1.29 is 23.4 Å². The molecule has 2 N–H and O–H groups in total. The molecule has 6 heteroatoms. The van der Waals surface area contributed by atoms with Crippen LogP contribution in [0.15, 0.2) is 6.07 Å². The normalized spacial score (nSPS) is 13.8. The third-order valence-electron chi connectivity index (χ3n) is 2.80. The lowest BCUT2D eigenvalue weighted by Gasteiger charge is -2.15. The third kappa shape index (κ3) is 2.63. The molecule has 0 bridgehead atoms. The smallest absolute Gasteiger partial charge is 0.175 e.